The molecule has 0 aliphatic rings. The quantitative estimate of drug-likeness (QED) is 0.665. The van der Waals surface area contributed by atoms with Crippen molar-refractivity contribution in [3.05, 3.63) is 29.8 Å². The Kier molecular flexibility index (Phi) is 10.0. The number of ether oxygens (including phenoxy) is 1. The fourth-order valence-electron chi connectivity index (χ4n) is 2.19. The SMILES string of the molecule is COc1ccccc1C(CC(C)C)NC(=O)CNC(=O)CN.Cl. The van der Waals surface area contributed by atoms with Gasteiger partial charge in [0, 0.05) is 5.56 Å². The lowest BCUT2D eigenvalue weighted by atomic mass is 9.96. The van der Waals surface area contributed by atoms with E-state index in [1.165, 1.54) is 0 Å². The molecule has 0 spiro atoms. The van der Waals surface area contributed by atoms with Crippen LogP contribution in [0.15, 0.2) is 24.3 Å². The Balaban J connectivity index is 0.00000484. The first-order valence-electron chi connectivity index (χ1n) is 7.37. The Morgan fingerprint density at radius 2 is 1.87 bits per heavy atom. The van der Waals surface area contributed by atoms with Crippen molar-refractivity contribution in [2.24, 2.45) is 11.7 Å². The third kappa shape index (κ3) is 7.34. The fourth-order valence-corrected chi connectivity index (χ4v) is 2.19. The fraction of sp³-hybridized carbons (Fsp3) is 0.500. The highest BCUT2D eigenvalue weighted by Crippen LogP contribution is 2.29. The van der Waals surface area contributed by atoms with E-state index in [-0.39, 0.29) is 43.4 Å². The zero-order valence-electron chi connectivity index (χ0n) is 13.8. The first-order valence-corrected chi connectivity index (χ1v) is 7.37. The van der Waals surface area contributed by atoms with Crippen LogP contribution in [0.2, 0.25) is 0 Å². The molecular formula is C16H26ClN3O3. The Labute approximate surface area is 143 Å². The number of rotatable bonds is 8. The maximum absolute atomic E-state index is 12.0. The van der Waals surface area contributed by atoms with Crippen molar-refractivity contribution < 1.29 is 14.3 Å². The smallest absolute Gasteiger partial charge is 0.239 e. The molecule has 0 radical (unpaired) electrons. The molecule has 2 amide bonds. The highest BCUT2D eigenvalue weighted by molar-refractivity contribution is 5.86. The van der Waals surface area contributed by atoms with Crippen LogP contribution in [0.5, 0.6) is 5.75 Å². The summed E-state index contributed by atoms with van der Waals surface area (Å²) in [7, 11) is 1.61. The molecule has 1 rings (SSSR count). The zero-order valence-corrected chi connectivity index (χ0v) is 14.6. The van der Waals surface area contributed by atoms with Crippen LogP contribution in [-0.2, 0) is 9.59 Å². The monoisotopic (exact) mass is 343 g/mol. The normalized spacial score (nSPS) is 11.3. The van der Waals surface area contributed by atoms with Gasteiger partial charge in [0.2, 0.25) is 11.8 Å². The van der Waals surface area contributed by atoms with Gasteiger partial charge in [-0.15, -0.1) is 12.4 Å². The van der Waals surface area contributed by atoms with E-state index in [0.717, 1.165) is 17.7 Å². The van der Waals surface area contributed by atoms with Crippen molar-refractivity contribution in [2.75, 3.05) is 20.2 Å². The summed E-state index contributed by atoms with van der Waals surface area (Å²) in [5.41, 5.74) is 6.12. The van der Waals surface area contributed by atoms with Crippen molar-refractivity contribution in [3.8, 4) is 5.75 Å². The molecule has 1 aromatic carbocycles. The number of para-hydroxylation sites is 1. The predicted molar refractivity (Wildman–Crippen MR) is 92.6 cm³/mol. The highest BCUT2D eigenvalue weighted by Gasteiger charge is 2.19. The Morgan fingerprint density at radius 3 is 2.43 bits per heavy atom. The molecule has 23 heavy (non-hydrogen) atoms. The average molecular weight is 344 g/mol. The molecule has 0 aliphatic heterocycles. The number of hydrogen-bond acceptors (Lipinski definition) is 4. The Hall–Kier alpha value is -1.79. The lowest BCUT2D eigenvalue weighted by molar-refractivity contribution is -0.125. The number of hydrogen-bond donors (Lipinski definition) is 3. The summed E-state index contributed by atoms with van der Waals surface area (Å²) >= 11 is 0. The standard InChI is InChI=1S/C16H25N3O3.ClH/c1-11(2)8-13(12-6-4-5-7-14(12)22-3)19-16(21)10-18-15(20)9-17;/h4-7,11,13H,8-10,17H2,1-3H3,(H,18,20)(H,19,21);1H. The summed E-state index contributed by atoms with van der Waals surface area (Å²) in [6.45, 7) is 3.96. The third-order valence-electron chi connectivity index (χ3n) is 3.19. The second-order valence-corrected chi connectivity index (χ2v) is 5.47. The van der Waals surface area contributed by atoms with E-state index in [2.05, 4.69) is 24.5 Å². The molecule has 130 valence electrons. The van der Waals surface area contributed by atoms with Crippen LogP contribution in [0, 0.1) is 5.92 Å². The van der Waals surface area contributed by atoms with Gasteiger partial charge in [0.15, 0.2) is 0 Å². The Morgan fingerprint density at radius 1 is 1.22 bits per heavy atom. The summed E-state index contributed by atoms with van der Waals surface area (Å²) in [6.07, 6.45) is 0.775. The second-order valence-electron chi connectivity index (χ2n) is 5.47. The summed E-state index contributed by atoms with van der Waals surface area (Å²) < 4.78 is 5.37. The zero-order chi connectivity index (χ0) is 16.5. The summed E-state index contributed by atoms with van der Waals surface area (Å²) in [5, 5.41) is 5.41. The number of nitrogens with one attached hydrogen (secondary N) is 2. The molecule has 1 unspecified atom stereocenters. The average Bonchev–Trinajstić information content (AvgIpc) is 2.51. The molecule has 7 heteroatoms. The van der Waals surface area contributed by atoms with E-state index in [1.54, 1.807) is 7.11 Å². The number of halogens is 1. The van der Waals surface area contributed by atoms with Crippen LogP contribution in [-0.4, -0.2) is 32.0 Å². The first-order chi connectivity index (χ1) is 10.5. The maximum atomic E-state index is 12.0. The van der Waals surface area contributed by atoms with Crippen LogP contribution in [0.1, 0.15) is 31.9 Å². The van der Waals surface area contributed by atoms with Gasteiger partial charge < -0.3 is 21.1 Å². The first kappa shape index (κ1) is 21.2. The van der Waals surface area contributed by atoms with E-state index >= 15 is 0 Å². The molecule has 0 fully saturated rings. The van der Waals surface area contributed by atoms with Gasteiger partial charge in [0.25, 0.3) is 0 Å². The second kappa shape index (κ2) is 10.9. The molecule has 4 N–H and O–H groups in total. The minimum atomic E-state index is -0.354. The number of benzene rings is 1. The van der Waals surface area contributed by atoms with Gasteiger partial charge in [-0.3, -0.25) is 9.59 Å². The molecule has 0 aromatic heterocycles. The van der Waals surface area contributed by atoms with Gasteiger partial charge in [-0.1, -0.05) is 32.0 Å². The minimum absolute atomic E-state index is 0. The largest absolute Gasteiger partial charge is 0.496 e. The highest BCUT2D eigenvalue weighted by atomic mass is 35.5. The van der Waals surface area contributed by atoms with Gasteiger partial charge in [-0.2, -0.15) is 0 Å². The van der Waals surface area contributed by atoms with Crippen molar-refractivity contribution in [1.29, 1.82) is 0 Å². The van der Waals surface area contributed by atoms with Crippen LogP contribution in [0.3, 0.4) is 0 Å². The minimum Gasteiger partial charge on any atom is -0.496 e. The predicted octanol–water partition coefficient (Wildman–Crippen LogP) is 1.40. The molecule has 1 aromatic rings. The van der Waals surface area contributed by atoms with E-state index < -0.39 is 0 Å². The lowest BCUT2D eigenvalue weighted by Crippen LogP contribution is -2.41. The van der Waals surface area contributed by atoms with Gasteiger partial charge in [0.05, 0.1) is 26.2 Å². The number of methoxy groups -OCH3 is 1. The van der Waals surface area contributed by atoms with E-state index in [1.807, 2.05) is 24.3 Å². The van der Waals surface area contributed by atoms with Crippen LogP contribution in [0.4, 0.5) is 0 Å². The molecule has 0 saturated heterocycles. The van der Waals surface area contributed by atoms with Crippen molar-refractivity contribution in [2.45, 2.75) is 26.3 Å². The summed E-state index contributed by atoms with van der Waals surface area (Å²) in [6, 6.07) is 7.43. The van der Waals surface area contributed by atoms with Crippen molar-refractivity contribution in [3.63, 3.8) is 0 Å². The van der Waals surface area contributed by atoms with Gasteiger partial charge >= 0.3 is 0 Å². The van der Waals surface area contributed by atoms with Crippen LogP contribution in [0.25, 0.3) is 0 Å². The van der Waals surface area contributed by atoms with Crippen LogP contribution >= 0.6 is 12.4 Å². The van der Waals surface area contributed by atoms with E-state index in [0.29, 0.717) is 5.92 Å². The molecule has 6 nitrogen and oxygen atoms in total. The molecule has 0 saturated carbocycles. The van der Waals surface area contributed by atoms with E-state index in [9.17, 15) is 9.59 Å². The molecule has 0 aliphatic carbocycles. The number of nitrogens with two attached hydrogens (primary N) is 1. The molecule has 0 heterocycles. The van der Waals surface area contributed by atoms with Gasteiger partial charge in [-0.25, -0.2) is 0 Å². The van der Waals surface area contributed by atoms with Crippen molar-refractivity contribution in [1.82, 2.24) is 10.6 Å². The number of amides is 2. The number of carbonyl (C=O) groups is 2. The molecule has 0 bridgehead atoms. The maximum Gasteiger partial charge on any atom is 0.239 e. The number of carbonyl (C=O) groups excluding carboxylic acids is 2. The van der Waals surface area contributed by atoms with Gasteiger partial charge in [0.1, 0.15) is 5.75 Å². The van der Waals surface area contributed by atoms with E-state index in [4.69, 9.17) is 10.5 Å². The topological polar surface area (TPSA) is 93.5 Å². The lowest BCUT2D eigenvalue weighted by Gasteiger charge is -2.23. The summed E-state index contributed by atoms with van der Waals surface area (Å²) in [4.78, 5) is 23.1. The third-order valence-corrected chi connectivity index (χ3v) is 3.19. The van der Waals surface area contributed by atoms with Crippen LogP contribution < -0.4 is 21.1 Å². The van der Waals surface area contributed by atoms with Crippen molar-refractivity contribution >= 4 is 24.2 Å². The Bertz CT molecular complexity index is 509. The molecule has 1 atom stereocenters. The summed E-state index contributed by atoms with van der Waals surface area (Å²) in [5.74, 6) is 0.527. The molecular weight excluding hydrogens is 318 g/mol. The van der Waals surface area contributed by atoms with Gasteiger partial charge in [-0.05, 0) is 18.4 Å².